The zero-order valence-corrected chi connectivity index (χ0v) is 10.1. The van der Waals surface area contributed by atoms with Crippen LogP contribution in [0.5, 0.6) is 0 Å². The van der Waals surface area contributed by atoms with E-state index in [0.29, 0.717) is 6.54 Å². The molecule has 1 heterocycles. The maximum atomic E-state index is 11.4. The average Bonchev–Trinajstić information content (AvgIpc) is 2.62. The maximum Gasteiger partial charge on any atom is 0.253 e. The van der Waals surface area contributed by atoms with Crippen LogP contribution in [-0.4, -0.2) is 35.7 Å². The fourth-order valence-corrected chi connectivity index (χ4v) is 1.56. The van der Waals surface area contributed by atoms with Gasteiger partial charge in [0.05, 0.1) is 0 Å². The fraction of sp³-hybridized carbons (Fsp3) is 0.583. The number of hydrogen-bond acceptors (Lipinski definition) is 3. The Morgan fingerprint density at radius 3 is 2.53 bits per heavy atom. The second kappa shape index (κ2) is 6.83. The Balaban J connectivity index is 0.00000289. The third-order valence-electron chi connectivity index (χ3n) is 2.57. The summed E-state index contributed by atoms with van der Waals surface area (Å²) < 4.78 is 0. The second-order valence-corrected chi connectivity index (χ2v) is 3.97. The van der Waals surface area contributed by atoms with E-state index in [0.717, 1.165) is 24.2 Å². The number of carbonyl (C=O) groups is 3. The largest absolute Gasteiger partial charge is 0.356 e. The molecule has 0 saturated heterocycles. The highest BCUT2D eigenvalue weighted by Gasteiger charge is 2.23. The summed E-state index contributed by atoms with van der Waals surface area (Å²) in [6, 6.07) is 0. The third kappa shape index (κ3) is 4.38. The van der Waals surface area contributed by atoms with Crippen LogP contribution in [0.3, 0.4) is 0 Å². The van der Waals surface area contributed by atoms with Crippen LogP contribution < -0.4 is 5.32 Å². The Morgan fingerprint density at radius 1 is 1.29 bits per heavy atom. The molecule has 0 unspecified atom stereocenters. The summed E-state index contributed by atoms with van der Waals surface area (Å²) in [5, 5.41) is 2.76. The number of nitrogens with one attached hydrogen (secondary N) is 1. The Hall–Kier alpha value is -1.65. The molecule has 0 saturated carbocycles. The molecule has 0 aliphatic carbocycles. The van der Waals surface area contributed by atoms with Gasteiger partial charge in [0, 0.05) is 33.1 Å². The minimum absolute atomic E-state index is 0. The number of hydrogen-bond donors (Lipinski definition) is 1. The van der Waals surface area contributed by atoms with Gasteiger partial charge in [0.1, 0.15) is 0 Å². The summed E-state index contributed by atoms with van der Waals surface area (Å²) in [6.45, 7) is 2.91. The zero-order valence-electron chi connectivity index (χ0n) is 10.1. The molecule has 0 aromatic rings. The van der Waals surface area contributed by atoms with Crippen molar-refractivity contribution in [2.45, 2.75) is 32.6 Å². The van der Waals surface area contributed by atoms with Crippen molar-refractivity contribution in [3.8, 4) is 0 Å². The first-order valence-electron chi connectivity index (χ1n) is 5.95. The lowest BCUT2D eigenvalue weighted by Crippen LogP contribution is -2.34. The Kier molecular flexibility index (Phi) is 5.39. The summed E-state index contributed by atoms with van der Waals surface area (Å²) in [5.41, 5.74) is 0. The number of carbonyl (C=O) groups excluding carboxylic acids is 3. The zero-order chi connectivity index (χ0) is 12.7. The average molecular weight is 240 g/mol. The van der Waals surface area contributed by atoms with Crippen molar-refractivity contribution in [1.82, 2.24) is 10.2 Å². The number of amides is 3. The first kappa shape index (κ1) is 13.4. The van der Waals surface area contributed by atoms with Crippen LogP contribution in [0.2, 0.25) is 0 Å². The lowest BCUT2D eigenvalue weighted by Gasteiger charge is -2.13. The van der Waals surface area contributed by atoms with E-state index in [1.54, 1.807) is 0 Å². The Labute approximate surface area is 102 Å². The summed E-state index contributed by atoms with van der Waals surface area (Å²) in [5.74, 6) is -0.795. The van der Waals surface area contributed by atoms with Gasteiger partial charge in [0.25, 0.3) is 11.8 Å². The standard InChI is InChI=1S/C12H18N2O3.H2/c1-2-3-4-8-13-10(15)7-9-14-11(16)5-6-12(14)17;/h5-6H,2-4,7-9H2,1H3,(H,13,15);1H. The normalized spacial score (nSPS) is 14.5. The van der Waals surface area contributed by atoms with E-state index in [1.807, 2.05) is 0 Å². The van der Waals surface area contributed by atoms with E-state index in [2.05, 4.69) is 12.2 Å². The minimum atomic E-state index is -0.339. The van der Waals surface area contributed by atoms with Crippen molar-refractivity contribution in [2.75, 3.05) is 13.1 Å². The molecule has 0 spiro atoms. The highest BCUT2D eigenvalue weighted by Crippen LogP contribution is 2.03. The van der Waals surface area contributed by atoms with Crippen LogP contribution >= 0.6 is 0 Å². The van der Waals surface area contributed by atoms with Gasteiger partial charge >= 0.3 is 0 Å². The second-order valence-electron chi connectivity index (χ2n) is 3.97. The van der Waals surface area contributed by atoms with Crippen molar-refractivity contribution >= 4 is 17.7 Å². The first-order valence-corrected chi connectivity index (χ1v) is 5.95. The molecule has 0 radical (unpaired) electrons. The first-order chi connectivity index (χ1) is 8.15. The van der Waals surface area contributed by atoms with E-state index >= 15 is 0 Å². The highest BCUT2D eigenvalue weighted by molar-refractivity contribution is 6.13. The van der Waals surface area contributed by atoms with Crippen LogP contribution in [0, 0.1) is 0 Å². The quantitative estimate of drug-likeness (QED) is 0.530. The van der Waals surface area contributed by atoms with E-state index in [9.17, 15) is 14.4 Å². The lowest BCUT2D eigenvalue weighted by molar-refractivity contribution is -0.137. The molecule has 17 heavy (non-hydrogen) atoms. The van der Waals surface area contributed by atoms with Crippen molar-refractivity contribution in [3.63, 3.8) is 0 Å². The van der Waals surface area contributed by atoms with Crippen LogP contribution in [0.15, 0.2) is 12.2 Å². The van der Waals surface area contributed by atoms with E-state index < -0.39 is 0 Å². The summed E-state index contributed by atoms with van der Waals surface area (Å²) >= 11 is 0. The molecule has 1 N–H and O–H groups in total. The summed E-state index contributed by atoms with van der Waals surface area (Å²) in [7, 11) is 0. The molecule has 0 bridgehead atoms. The van der Waals surface area contributed by atoms with Crippen LogP contribution in [0.1, 0.15) is 34.0 Å². The lowest BCUT2D eigenvalue weighted by atomic mass is 10.2. The van der Waals surface area contributed by atoms with Gasteiger partial charge in [-0.15, -0.1) is 0 Å². The maximum absolute atomic E-state index is 11.4. The van der Waals surface area contributed by atoms with Gasteiger partial charge in [0.2, 0.25) is 5.91 Å². The molecule has 1 aliphatic heterocycles. The van der Waals surface area contributed by atoms with Crippen molar-refractivity contribution in [3.05, 3.63) is 12.2 Å². The fourth-order valence-electron chi connectivity index (χ4n) is 1.56. The molecule has 1 rings (SSSR count). The molecule has 0 aromatic carbocycles. The number of imide groups is 1. The monoisotopic (exact) mass is 240 g/mol. The topological polar surface area (TPSA) is 66.5 Å². The van der Waals surface area contributed by atoms with Crippen molar-refractivity contribution in [1.29, 1.82) is 0 Å². The van der Waals surface area contributed by atoms with Gasteiger partial charge in [-0.2, -0.15) is 0 Å². The number of rotatable bonds is 7. The highest BCUT2D eigenvalue weighted by atomic mass is 16.2. The van der Waals surface area contributed by atoms with E-state index in [4.69, 9.17) is 0 Å². The SMILES string of the molecule is CCCCCNC(=O)CCN1C(=O)C=CC1=O.[HH]. The van der Waals surface area contributed by atoms with E-state index in [-0.39, 0.29) is 32.1 Å². The van der Waals surface area contributed by atoms with Gasteiger partial charge in [0.15, 0.2) is 0 Å². The molecular formula is C12H20N2O3. The molecular weight excluding hydrogens is 220 g/mol. The van der Waals surface area contributed by atoms with Gasteiger partial charge in [-0.25, -0.2) is 0 Å². The molecule has 96 valence electrons. The van der Waals surface area contributed by atoms with Crippen molar-refractivity contribution < 1.29 is 15.8 Å². The predicted octanol–water partition coefficient (Wildman–Crippen LogP) is 0.854. The van der Waals surface area contributed by atoms with Crippen LogP contribution in [0.4, 0.5) is 0 Å². The van der Waals surface area contributed by atoms with Gasteiger partial charge in [-0.1, -0.05) is 19.8 Å². The number of unbranched alkanes of at least 4 members (excludes halogenated alkanes) is 2. The third-order valence-corrected chi connectivity index (χ3v) is 2.57. The molecule has 0 atom stereocenters. The molecule has 5 nitrogen and oxygen atoms in total. The van der Waals surface area contributed by atoms with Gasteiger partial charge in [-0.05, 0) is 6.42 Å². The van der Waals surface area contributed by atoms with Gasteiger partial charge < -0.3 is 5.32 Å². The molecule has 0 fully saturated rings. The Bertz CT molecular complexity index is 324. The Morgan fingerprint density at radius 2 is 1.94 bits per heavy atom. The smallest absolute Gasteiger partial charge is 0.253 e. The molecule has 1 aliphatic rings. The summed E-state index contributed by atoms with van der Waals surface area (Å²) in [4.78, 5) is 34.8. The predicted molar refractivity (Wildman–Crippen MR) is 65.1 cm³/mol. The number of nitrogens with zero attached hydrogens (tertiary/aromatic N) is 1. The van der Waals surface area contributed by atoms with Crippen molar-refractivity contribution in [2.24, 2.45) is 0 Å². The van der Waals surface area contributed by atoms with Crippen LogP contribution in [-0.2, 0) is 14.4 Å². The summed E-state index contributed by atoms with van der Waals surface area (Å²) in [6.07, 6.45) is 5.78. The van der Waals surface area contributed by atoms with E-state index in [1.165, 1.54) is 12.2 Å². The molecule has 3 amide bonds. The minimum Gasteiger partial charge on any atom is -0.356 e. The molecule has 0 aromatic heterocycles. The van der Waals surface area contributed by atoms with Gasteiger partial charge in [-0.3, -0.25) is 19.3 Å². The molecule has 5 heteroatoms. The van der Waals surface area contributed by atoms with Crippen LogP contribution in [0.25, 0.3) is 0 Å².